The predicted octanol–water partition coefficient (Wildman–Crippen LogP) is 17.8. The summed E-state index contributed by atoms with van der Waals surface area (Å²) >= 11 is 0. The molecule has 0 spiro atoms. The van der Waals surface area contributed by atoms with Gasteiger partial charge in [0.05, 0.1) is 33.8 Å². The van der Waals surface area contributed by atoms with Crippen LogP contribution in [0.2, 0.25) is 0 Å². The number of allylic oxidation sites excluding steroid dienone is 11. The van der Waals surface area contributed by atoms with E-state index in [0.29, 0.717) is 23.9 Å². The van der Waals surface area contributed by atoms with Crippen LogP contribution >= 0.6 is 7.82 Å². The molecule has 0 aliphatic heterocycles. The lowest BCUT2D eigenvalue weighted by Crippen LogP contribution is -2.47. The molecule has 0 aliphatic rings. The highest BCUT2D eigenvalue weighted by atomic mass is 31.2. The van der Waals surface area contributed by atoms with Crippen molar-refractivity contribution in [3.63, 3.8) is 0 Å². The number of nitrogens with zero attached hydrogens (tertiary/aromatic N) is 1. The Balaban J connectivity index is 5.32. The fraction of sp³-hybridized carbons (Fsp3) is 0.778. The lowest BCUT2D eigenvalue weighted by molar-refractivity contribution is -0.870. The van der Waals surface area contributed by atoms with E-state index in [0.717, 1.165) is 89.9 Å². The number of ether oxygens (including phenoxy) is 1. The Morgan fingerprint density at radius 1 is 0.507 bits per heavy atom. The molecule has 0 saturated heterocycles. The van der Waals surface area contributed by atoms with Crippen LogP contribution in [0, 0.1) is 0 Å². The van der Waals surface area contributed by atoms with Gasteiger partial charge in [0.25, 0.3) is 7.82 Å². The van der Waals surface area contributed by atoms with E-state index >= 15 is 0 Å². The van der Waals surface area contributed by atoms with Crippen LogP contribution in [0.4, 0.5) is 0 Å². The molecule has 3 atom stereocenters. The van der Waals surface area contributed by atoms with Crippen molar-refractivity contribution >= 4 is 19.7 Å². The van der Waals surface area contributed by atoms with Gasteiger partial charge in [-0.05, 0) is 83.1 Å². The SMILES string of the molecule is CC/C=C/C=C/C=C/CCCCCCCCCC(=O)OC(/C=C\CCCCCCCCCCCCC)C(COP(=O)([O-])OCC[N+](C)(C)C)NC(=O)CCCCCCCCCCC/C=C\C/C=C\CCCCC. The molecular weight excluding hydrogens is 928 g/mol. The molecule has 0 fully saturated rings. The van der Waals surface area contributed by atoms with Crippen LogP contribution in [0.15, 0.2) is 72.9 Å². The Morgan fingerprint density at radius 3 is 1.44 bits per heavy atom. The minimum Gasteiger partial charge on any atom is -0.756 e. The van der Waals surface area contributed by atoms with Gasteiger partial charge >= 0.3 is 5.97 Å². The third-order valence-corrected chi connectivity index (χ3v) is 14.1. The second-order valence-corrected chi connectivity index (χ2v) is 22.9. The summed E-state index contributed by atoms with van der Waals surface area (Å²) in [6.45, 7) is 6.68. The van der Waals surface area contributed by atoms with E-state index < -0.39 is 26.6 Å². The first-order valence-corrected chi connectivity index (χ1v) is 31.7. The lowest BCUT2D eigenvalue weighted by Gasteiger charge is -2.30. The van der Waals surface area contributed by atoms with Crippen LogP contribution < -0.4 is 10.2 Å². The number of carbonyl (C=O) groups excluding carboxylic acids is 2. The number of esters is 1. The van der Waals surface area contributed by atoms with Crippen LogP contribution in [0.1, 0.15) is 265 Å². The molecule has 0 bridgehead atoms. The van der Waals surface area contributed by atoms with E-state index in [1.807, 2.05) is 33.3 Å². The van der Waals surface area contributed by atoms with Gasteiger partial charge in [-0.25, -0.2) is 0 Å². The minimum atomic E-state index is -4.70. The molecule has 0 aromatic heterocycles. The first-order chi connectivity index (χ1) is 35.4. The minimum absolute atomic E-state index is 0.0274. The van der Waals surface area contributed by atoms with Crippen LogP contribution in [0.5, 0.6) is 0 Å². The second-order valence-electron chi connectivity index (χ2n) is 21.5. The average molecular weight is 1040 g/mol. The number of amides is 1. The topological polar surface area (TPSA) is 114 Å². The Hall–Kier alpha value is -2.55. The zero-order valence-corrected chi connectivity index (χ0v) is 49.2. The van der Waals surface area contributed by atoms with Crippen molar-refractivity contribution in [2.45, 2.75) is 277 Å². The van der Waals surface area contributed by atoms with E-state index in [-0.39, 0.29) is 24.9 Å². The van der Waals surface area contributed by atoms with Crippen LogP contribution in [-0.2, 0) is 27.9 Å². The molecule has 9 nitrogen and oxygen atoms in total. The van der Waals surface area contributed by atoms with Gasteiger partial charge in [0.15, 0.2) is 0 Å². The zero-order chi connectivity index (χ0) is 53.6. The summed E-state index contributed by atoms with van der Waals surface area (Å²) in [7, 11) is 1.17. The number of hydrogen-bond acceptors (Lipinski definition) is 7. The van der Waals surface area contributed by atoms with E-state index in [9.17, 15) is 19.0 Å². The van der Waals surface area contributed by atoms with Crippen molar-refractivity contribution in [1.82, 2.24) is 5.32 Å². The summed E-state index contributed by atoms with van der Waals surface area (Å²) in [4.78, 5) is 40.0. The number of likely N-dealkylation sites (N-methyl/N-ethyl adjacent to an activating group) is 1. The standard InChI is InChI=1S/C63H115N2O7P/c1-7-10-13-16-19-22-25-28-30-31-32-33-35-37-40-43-46-49-52-55-62(66)64-60(59-71-73(68,69)70-58-57-65(4,5)6)61(54-51-48-45-42-39-36-27-24-21-18-15-12-9-3)72-63(67)56-53-50-47-44-41-38-34-29-26-23-20-17-14-11-8-2/h11,14,17,19-20,22-23,26,28,30,51,54,60-61H,7-10,12-13,15-16,18,21,24-25,27,29,31-50,52-53,55-59H2,1-6H3,(H-,64,66,68,69)/b14-11+,20-17+,22-19-,26-23+,30-28-,54-51-. The molecule has 1 amide bonds. The maximum absolute atomic E-state index is 13.5. The van der Waals surface area contributed by atoms with Crippen molar-refractivity contribution in [3.05, 3.63) is 72.9 Å². The lowest BCUT2D eigenvalue weighted by atomic mass is 10.0. The smallest absolute Gasteiger partial charge is 0.306 e. The summed E-state index contributed by atoms with van der Waals surface area (Å²) in [5.41, 5.74) is 0. The Kier molecular flexibility index (Phi) is 51.0. The van der Waals surface area contributed by atoms with E-state index in [4.69, 9.17) is 13.8 Å². The maximum atomic E-state index is 13.5. The normalized spacial score (nSPS) is 14.2. The average Bonchev–Trinajstić information content (AvgIpc) is 3.35. The van der Waals surface area contributed by atoms with Crippen molar-refractivity contribution in [2.75, 3.05) is 40.9 Å². The predicted molar refractivity (Wildman–Crippen MR) is 312 cm³/mol. The van der Waals surface area contributed by atoms with E-state index in [1.54, 1.807) is 0 Å². The van der Waals surface area contributed by atoms with Gasteiger partial charge in [0, 0.05) is 12.8 Å². The third-order valence-electron chi connectivity index (χ3n) is 13.2. The molecule has 3 unspecified atom stereocenters. The molecule has 0 aromatic carbocycles. The highest BCUT2D eigenvalue weighted by Gasteiger charge is 2.27. The number of phosphoric ester groups is 1. The quantitative estimate of drug-likeness (QED) is 0.0161. The molecule has 0 rings (SSSR count). The fourth-order valence-corrected chi connectivity index (χ4v) is 9.22. The van der Waals surface area contributed by atoms with Gasteiger partial charge in [-0.2, -0.15) is 0 Å². The molecule has 0 aliphatic carbocycles. The largest absolute Gasteiger partial charge is 0.756 e. The number of hydrogen-bond donors (Lipinski definition) is 1. The summed E-state index contributed by atoms with van der Waals surface area (Å²) in [6, 6.07) is -0.897. The van der Waals surface area contributed by atoms with Gasteiger partial charge in [0.1, 0.15) is 19.3 Å². The Morgan fingerprint density at radius 2 is 0.932 bits per heavy atom. The molecule has 424 valence electrons. The number of carbonyl (C=O) groups is 2. The third kappa shape index (κ3) is 54.1. The molecule has 73 heavy (non-hydrogen) atoms. The van der Waals surface area contributed by atoms with E-state index in [1.165, 1.54) is 135 Å². The Labute approximate surface area is 451 Å². The van der Waals surface area contributed by atoms with Crippen molar-refractivity contribution in [3.8, 4) is 0 Å². The van der Waals surface area contributed by atoms with Gasteiger partial charge in [-0.3, -0.25) is 14.2 Å². The number of rotatable bonds is 54. The van der Waals surface area contributed by atoms with Crippen molar-refractivity contribution in [2.24, 2.45) is 0 Å². The second kappa shape index (κ2) is 52.9. The van der Waals surface area contributed by atoms with E-state index in [2.05, 4.69) is 86.8 Å². The molecular formula is C63H115N2O7P. The van der Waals surface area contributed by atoms with Gasteiger partial charge < -0.3 is 28.5 Å². The van der Waals surface area contributed by atoms with Gasteiger partial charge in [-0.15, -0.1) is 0 Å². The summed E-state index contributed by atoms with van der Waals surface area (Å²) in [5.74, 6) is -0.558. The monoisotopic (exact) mass is 1040 g/mol. The van der Waals surface area contributed by atoms with Crippen LogP contribution in [0.3, 0.4) is 0 Å². The summed E-state index contributed by atoms with van der Waals surface area (Å²) < 4.78 is 30.3. The fourth-order valence-electron chi connectivity index (χ4n) is 8.49. The molecule has 0 saturated carbocycles. The van der Waals surface area contributed by atoms with Crippen molar-refractivity contribution in [1.29, 1.82) is 0 Å². The molecule has 0 heterocycles. The molecule has 0 radical (unpaired) electrons. The summed E-state index contributed by atoms with van der Waals surface area (Å²) in [6.07, 6.45) is 67.1. The van der Waals surface area contributed by atoms with Gasteiger partial charge in [-0.1, -0.05) is 242 Å². The first-order valence-electron chi connectivity index (χ1n) is 30.3. The molecule has 0 aromatic rings. The number of nitrogens with one attached hydrogen (secondary N) is 1. The maximum Gasteiger partial charge on any atom is 0.306 e. The van der Waals surface area contributed by atoms with Crippen molar-refractivity contribution < 1.29 is 37.3 Å². The highest BCUT2D eigenvalue weighted by molar-refractivity contribution is 7.45. The van der Waals surface area contributed by atoms with Gasteiger partial charge in [0.2, 0.25) is 5.91 Å². The zero-order valence-electron chi connectivity index (χ0n) is 48.3. The number of unbranched alkanes of at least 4 members (excludes halogenated alkanes) is 30. The highest BCUT2D eigenvalue weighted by Crippen LogP contribution is 2.38. The summed E-state index contributed by atoms with van der Waals surface area (Å²) in [5, 5.41) is 3.02. The van der Waals surface area contributed by atoms with Crippen LogP contribution in [-0.4, -0.2) is 69.4 Å². The first kappa shape index (κ1) is 70.5. The number of phosphoric acid groups is 1. The molecule has 1 N–H and O–H groups in total. The Bertz CT molecular complexity index is 1480. The molecule has 10 heteroatoms. The van der Waals surface area contributed by atoms with Crippen LogP contribution in [0.25, 0.3) is 0 Å². The number of quaternary nitrogens is 1.